The lowest BCUT2D eigenvalue weighted by molar-refractivity contribution is 1.17. The predicted octanol–water partition coefficient (Wildman–Crippen LogP) is 2.84. The lowest BCUT2D eigenvalue weighted by Crippen LogP contribution is -2.15. The Balaban J connectivity index is 3.48. The van der Waals surface area contributed by atoms with E-state index >= 15 is 0 Å². The molecule has 1 nitrogen and oxygen atoms in total. The highest BCUT2D eigenvalue weighted by Gasteiger charge is 2.24. The third-order valence-electron chi connectivity index (χ3n) is 1.12. The van der Waals surface area contributed by atoms with Gasteiger partial charge in [0.15, 0.2) is 0 Å². The third kappa shape index (κ3) is 4.77. The zero-order valence-electron chi connectivity index (χ0n) is 5.32. The van der Waals surface area contributed by atoms with Crippen molar-refractivity contribution in [2.75, 3.05) is 0 Å². The van der Waals surface area contributed by atoms with E-state index in [0.29, 0.717) is 12.5 Å². The van der Waals surface area contributed by atoms with Crippen LogP contribution in [0.25, 0.3) is 0 Å². The van der Waals surface area contributed by atoms with Gasteiger partial charge in [-0.1, -0.05) is 6.92 Å². The summed E-state index contributed by atoms with van der Waals surface area (Å²) in [4.78, 5) is 0. The predicted molar refractivity (Wildman–Crippen MR) is 43.0 cm³/mol. The fraction of sp³-hybridized carbons (Fsp3) is 0.800. The van der Waals surface area contributed by atoms with E-state index in [-0.39, 0.29) is 0 Å². The first kappa shape index (κ1) is 9.29. The third-order valence-corrected chi connectivity index (χ3v) is 5.87. The summed E-state index contributed by atoms with van der Waals surface area (Å²) in [5.74, 6) is 0. The van der Waals surface area contributed by atoms with E-state index in [1.54, 1.807) is 0 Å². The molecule has 0 spiro atoms. The maximum Gasteiger partial charge on any atom is 0.252 e. The molecule has 0 radical (unpaired) electrons. The number of rotatable bonds is 3. The molecule has 0 aromatic carbocycles. The smallest absolute Gasteiger partial charge is 0.198 e. The maximum absolute atomic E-state index is 8.18. The molecule has 52 valence electrons. The molecule has 0 unspecified atom stereocenters. The summed E-state index contributed by atoms with van der Waals surface area (Å²) < 4.78 is 0. The summed E-state index contributed by atoms with van der Waals surface area (Å²) in [6.45, 7) is -0.0144. The van der Waals surface area contributed by atoms with Crippen LogP contribution in [0.4, 0.5) is 0 Å². The molecule has 0 aromatic heterocycles. The molecule has 4 heteroatoms. The summed E-state index contributed by atoms with van der Waals surface area (Å²) in [6.07, 6.45) is 0.493. The van der Waals surface area contributed by atoms with Gasteiger partial charge in [0, 0.05) is 6.42 Å². The number of hydrogen-bond donors (Lipinski definition) is 0. The molecule has 0 aliphatic rings. The average molecular weight is 182 g/mol. The molecule has 0 heterocycles. The summed E-state index contributed by atoms with van der Waals surface area (Å²) in [5.41, 5.74) is 0. The number of nitriles is 1. The summed E-state index contributed by atoms with van der Waals surface area (Å²) in [5, 5.41) is 8.18. The highest BCUT2D eigenvalue weighted by atomic mass is 35.7. The van der Waals surface area contributed by atoms with E-state index in [1.807, 2.05) is 13.0 Å². The molecule has 0 amide bonds. The van der Waals surface area contributed by atoms with Gasteiger partial charge in [-0.25, -0.2) is 0 Å². The topological polar surface area (TPSA) is 23.8 Å². The summed E-state index contributed by atoms with van der Waals surface area (Å²) in [7, 11) is 0. The van der Waals surface area contributed by atoms with Crippen molar-refractivity contribution in [3.05, 3.63) is 0 Å². The summed E-state index contributed by atoms with van der Waals surface area (Å²) >= 11 is 11.7. The second-order valence-corrected chi connectivity index (χ2v) is 9.71. The minimum absolute atomic E-state index is 0.493. The quantitative estimate of drug-likeness (QED) is 0.486. The van der Waals surface area contributed by atoms with Crippen LogP contribution >= 0.6 is 22.2 Å². The minimum atomic E-state index is -1.98. The molecular weight excluding hydrogens is 173 g/mol. The van der Waals surface area contributed by atoms with Crippen molar-refractivity contribution in [1.82, 2.24) is 0 Å². The van der Waals surface area contributed by atoms with Gasteiger partial charge in [0.1, 0.15) is 0 Å². The first-order valence-corrected chi connectivity index (χ1v) is 7.31. The normalized spacial score (nSPS) is 10.9. The highest BCUT2D eigenvalue weighted by molar-refractivity contribution is 7.45. The first-order valence-electron chi connectivity index (χ1n) is 2.87. The van der Waals surface area contributed by atoms with Crippen molar-refractivity contribution < 1.29 is 0 Å². The zero-order valence-corrected chi connectivity index (χ0v) is 7.84. The largest absolute Gasteiger partial charge is 0.252 e. The van der Waals surface area contributed by atoms with Crippen LogP contribution in [0.3, 0.4) is 0 Å². The van der Waals surface area contributed by atoms with E-state index in [4.69, 9.17) is 27.4 Å². The molecular formula is C5H9Cl2NSi. The summed E-state index contributed by atoms with van der Waals surface area (Å²) in [6, 6.07) is 3.55. The van der Waals surface area contributed by atoms with Crippen LogP contribution < -0.4 is 0 Å². The van der Waals surface area contributed by atoms with Crippen LogP contribution in [-0.4, -0.2) is 6.69 Å². The molecule has 0 saturated carbocycles. The molecule has 0 aliphatic heterocycles. The Morgan fingerprint density at radius 1 is 1.56 bits per heavy atom. The second-order valence-electron chi connectivity index (χ2n) is 1.87. The molecule has 0 atom stereocenters. The van der Waals surface area contributed by atoms with Gasteiger partial charge in [-0.15, -0.1) is 22.2 Å². The number of hydrogen-bond acceptors (Lipinski definition) is 1. The lowest BCUT2D eigenvalue weighted by atomic mass is 10.6. The van der Waals surface area contributed by atoms with Gasteiger partial charge in [0.2, 0.25) is 0 Å². The van der Waals surface area contributed by atoms with E-state index in [0.717, 1.165) is 6.04 Å². The van der Waals surface area contributed by atoms with Crippen LogP contribution in [0.2, 0.25) is 12.1 Å². The van der Waals surface area contributed by atoms with Gasteiger partial charge in [-0.2, -0.15) is 5.26 Å². The fourth-order valence-electron chi connectivity index (χ4n) is 0.416. The van der Waals surface area contributed by atoms with E-state index in [1.165, 1.54) is 0 Å². The van der Waals surface area contributed by atoms with Gasteiger partial charge >= 0.3 is 0 Å². The Labute approximate surface area is 66.0 Å². The van der Waals surface area contributed by atoms with Crippen molar-refractivity contribution in [3.63, 3.8) is 0 Å². The van der Waals surface area contributed by atoms with Crippen LogP contribution in [-0.2, 0) is 0 Å². The Morgan fingerprint density at radius 2 is 2.11 bits per heavy atom. The van der Waals surface area contributed by atoms with E-state index in [9.17, 15) is 0 Å². The van der Waals surface area contributed by atoms with Gasteiger partial charge in [0.05, 0.1) is 6.07 Å². The SMILES string of the molecule is CC[Si](Cl)(Cl)CCC#N. The monoisotopic (exact) mass is 181 g/mol. The van der Waals surface area contributed by atoms with Crippen LogP contribution in [0.15, 0.2) is 0 Å². The first-order chi connectivity index (χ1) is 4.12. The second kappa shape index (κ2) is 4.16. The standard InChI is InChI=1S/C5H9Cl2NSi/c1-2-9(6,7)5-3-4-8/h2-3,5H2,1H3. The highest BCUT2D eigenvalue weighted by Crippen LogP contribution is 2.25. The van der Waals surface area contributed by atoms with Gasteiger partial charge in [0.25, 0.3) is 6.69 Å². The van der Waals surface area contributed by atoms with Gasteiger partial charge in [-0.05, 0) is 12.1 Å². The van der Waals surface area contributed by atoms with Crippen molar-refractivity contribution in [3.8, 4) is 6.07 Å². The van der Waals surface area contributed by atoms with Crippen molar-refractivity contribution >= 4 is 28.9 Å². The van der Waals surface area contributed by atoms with Gasteiger partial charge < -0.3 is 0 Å². The van der Waals surface area contributed by atoms with E-state index in [2.05, 4.69) is 0 Å². The van der Waals surface area contributed by atoms with Crippen molar-refractivity contribution in [2.45, 2.75) is 25.4 Å². The minimum Gasteiger partial charge on any atom is -0.198 e. The molecule has 0 saturated heterocycles. The number of halogens is 2. The van der Waals surface area contributed by atoms with Crippen LogP contribution in [0, 0.1) is 11.3 Å². The van der Waals surface area contributed by atoms with E-state index < -0.39 is 6.69 Å². The molecule has 9 heavy (non-hydrogen) atoms. The van der Waals surface area contributed by atoms with Gasteiger partial charge in [-0.3, -0.25) is 0 Å². The average Bonchev–Trinajstić information content (AvgIpc) is 1.84. The molecule has 0 rings (SSSR count). The van der Waals surface area contributed by atoms with Crippen molar-refractivity contribution in [1.29, 1.82) is 5.26 Å². The van der Waals surface area contributed by atoms with Crippen LogP contribution in [0.5, 0.6) is 0 Å². The Bertz CT molecular complexity index is 119. The Hall–Kier alpha value is 0.287. The fourth-order valence-corrected chi connectivity index (χ4v) is 1.81. The number of nitrogens with zero attached hydrogens (tertiary/aromatic N) is 1. The molecule has 0 fully saturated rings. The molecule has 0 aromatic rings. The van der Waals surface area contributed by atoms with Crippen molar-refractivity contribution in [2.24, 2.45) is 0 Å². The Kier molecular flexibility index (Phi) is 4.29. The molecule has 0 N–H and O–H groups in total. The lowest BCUT2D eigenvalue weighted by Gasteiger charge is -2.09. The maximum atomic E-state index is 8.18. The van der Waals surface area contributed by atoms with Crippen LogP contribution in [0.1, 0.15) is 13.3 Å². The molecule has 0 aliphatic carbocycles. The zero-order chi connectivity index (χ0) is 7.33. The Morgan fingerprint density at radius 3 is 2.44 bits per heavy atom. The molecule has 0 bridgehead atoms.